The minimum absolute atomic E-state index is 0.124. The lowest BCUT2D eigenvalue weighted by Gasteiger charge is -2.09. The molecule has 0 aromatic carbocycles. The summed E-state index contributed by atoms with van der Waals surface area (Å²) >= 11 is 0. The molecule has 0 fully saturated rings. The molecule has 1 unspecified atom stereocenters. The quantitative estimate of drug-likeness (QED) is 0.275. The number of ether oxygens (including phenoxy) is 1. The highest BCUT2D eigenvalue weighted by atomic mass is 16.5. The summed E-state index contributed by atoms with van der Waals surface area (Å²) < 4.78 is 5.18. The van der Waals surface area contributed by atoms with Crippen molar-refractivity contribution < 1.29 is 9.94 Å². The maximum absolute atomic E-state index is 8.19. The Morgan fingerprint density at radius 1 is 1.67 bits per heavy atom. The van der Waals surface area contributed by atoms with Crippen LogP contribution in [0.15, 0.2) is 5.16 Å². The second kappa shape index (κ2) is 6.91. The average molecular weight is 174 g/mol. The van der Waals surface area contributed by atoms with Crippen molar-refractivity contribution in [3.05, 3.63) is 0 Å². The number of rotatable bonds is 6. The van der Waals surface area contributed by atoms with Crippen LogP contribution in [0.25, 0.3) is 0 Å². The summed E-state index contributed by atoms with van der Waals surface area (Å²) in [5.74, 6) is 0.667. The lowest BCUT2D eigenvalue weighted by Crippen LogP contribution is -2.20. The van der Waals surface area contributed by atoms with Gasteiger partial charge in [-0.1, -0.05) is 25.4 Å². The van der Waals surface area contributed by atoms with Crippen LogP contribution in [0.2, 0.25) is 0 Å². The van der Waals surface area contributed by atoms with E-state index in [1.165, 1.54) is 0 Å². The van der Waals surface area contributed by atoms with Crippen molar-refractivity contribution in [1.29, 1.82) is 0 Å². The highest BCUT2D eigenvalue weighted by Crippen LogP contribution is 2.04. The fraction of sp³-hybridized carbons (Fsp3) is 0.875. The van der Waals surface area contributed by atoms with Crippen LogP contribution in [0, 0.1) is 5.92 Å². The highest BCUT2D eigenvalue weighted by molar-refractivity contribution is 5.80. The van der Waals surface area contributed by atoms with E-state index in [9.17, 15) is 0 Å². The van der Waals surface area contributed by atoms with Gasteiger partial charge in [0.25, 0.3) is 0 Å². The third-order valence-corrected chi connectivity index (χ3v) is 1.56. The van der Waals surface area contributed by atoms with E-state index in [0.717, 1.165) is 12.8 Å². The normalized spacial score (nSPS) is 14.7. The molecular weight excluding hydrogens is 156 g/mol. The van der Waals surface area contributed by atoms with Gasteiger partial charge in [0.05, 0.1) is 0 Å². The van der Waals surface area contributed by atoms with Crippen LogP contribution in [0.3, 0.4) is 0 Å². The lowest BCUT2D eigenvalue weighted by atomic mass is 10.1. The van der Waals surface area contributed by atoms with Crippen LogP contribution in [0.1, 0.15) is 26.7 Å². The highest BCUT2D eigenvalue weighted by Gasteiger charge is 2.00. The Kier molecular flexibility index (Phi) is 6.47. The van der Waals surface area contributed by atoms with Gasteiger partial charge in [0.1, 0.15) is 6.61 Å². The van der Waals surface area contributed by atoms with Crippen LogP contribution >= 0.6 is 0 Å². The summed E-state index contributed by atoms with van der Waals surface area (Å²) in [4.78, 5) is 0. The predicted molar refractivity (Wildman–Crippen MR) is 48.3 cm³/mol. The number of amidine groups is 1. The van der Waals surface area contributed by atoms with E-state index in [1.807, 2.05) is 0 Å². The van der Waals surface area contributed by atoms with Crippen molar-refractivity contribution in [2.24, 2.45) is 16.8 Å². The Morgan fingerprint density at radius 3 is 2.83 bits per heavy atom. The molecule has 0 saturated heterocycles. The van der Waals surface area contributed by atoms with Gasteiger partial charge in [-0.05, 0) is 12.3 Å². The van der Waals surface area contributed by atoms with Crippen molar-refractivity contribution >= 4 is 5.84 Å². The molecule has 0 aliphatic rings. The molecule has 1 atom stereocenters. The van der Waals surface area contributed by atoms with Crippen LogP contribution < -0.4 is 5.73 Å². The predicted octanol–water partition coefficient (Wildman–Crippen LogP) is 1.19. The van der Waals surface area contributed by atoms with Crippen LogP contribution in [0.5, 0.6) is 0 Å². The number of nitrogens with two attached hydrogens (primary N) is 1. The maximum atomic E-state index is 8.19. The van der Waals surface area contributed by atoms with Gasteiger partial charge in [-0.15, -0.1) is 0 Å². The molecule has 0 rings (SSSR count). The minimum Gasteiger partial charge on any atom is -0.409 e. The topological polar surface area (TPSA) is 67.8 Å². The van der Waals surface area contributed by atoms with E-state index in [2.05, 4.69) is 19.0 Å². The Balaban J connectivity index is 3.30. The smallest absolute Gasteiger partial charge is 0.165 e. The molecule has 12 heavy (non-hydrogen) atoms. The Bertz CT molecular complexity index is 137. The van der Waals surface area contributed by atoms with Gasteiger partial charge in [0.15, 0.2) is 5.84 Å². The first-order chi connectivity index (χ1) is 5.70. The monoisotopic (exact) mass is 174 g/mol. The second-order valence-corrected chi connectivity index (χ2v) is 3.00. The number of hydrogen-bond acceptors (Lipinski definition) is 3. The van der Waals surface area contributed by atoms with Gasteiger partial charge in [-0.2, -0.15) is 0 Å². The summed E-state index contributed by atoms with van der Waals surface area (Å²) in [6.07, 6.45) is 2.31. The number of hydrogen-bond donors (Lipinski definition) is 2. The molecular formula is C8H18N2O2. The average Bonchev–Trinajstić information content (AvgIpc) is 2.04. The molecule has 3 N–H and O–H groups in total. The molecule has 0 aromatic rings. The number of oxime groups is 1. The van der Waals surface area contributed by atoms with Crippen molar-refractivity contribution in [1.82, 2.24) is 0 Å². The van der Waals surface area contributed by atoms with E-state index < -0.39 is 0 Å². The maximum Gasteiger partial charge on any atom is 0.165 e. The molecule has 0 aromatic heterocycles. The minimum atomic E-state index is 0.124. The molecule has 0 spiro atoms. The molecule has 72 valence electrons. The standard InChI is InChI=1S/C8H18N2O2/c1-3-4-7(2)5-12-6-8(9)10-11/h7,11H,3-6H2,1-2H3,(H2,9,10). The Hall–Kier alpha value is -0.770. The molecule has 0 aliphatic carbocycles. The fourth-order valence-corrected chi connectivity index (χ4v) is 0.970. The van der Waals surface area contributed by atoms with E-state index in [1.54, 1.807) is 0 Å². The first kappa shape index (κ1) is 11.2. The Morgan fingerprint density at radius 2 is 2.33 bits per heavy atom. The van der Waals surface area contributed by atoms with Crippen molar-refractivity contribution in [3.8, 4) is 0 Å². The SMILES string of the molecule is CCCC(C)COCC(N)=NO. The molecule has 0 bridgehead atoms. The summed E-state index contributed by atoms with van der Waals surface area (Å²) in [5.41, 5.74) is 5.21. The van der Waals surface area contributed by atoms with Gasteiger partial charge in [0.2, 0.25) is 0 Å². The van der Waals surface area contributed by atoms with Gasteiger partial charge in [0, 0.05) is 6.61 Å². The molecule has 4 heteroatoms. The molecule has 0 saturated carbocycles. The first-order valence-electron chi connectivity index (χ1n) is 4.24. The summed E-state index contributed by atoms with van der Waals surface area (Å²) in [7, 11) is 0. The van der Waals surface area contributed by atoms with Crippen LogP contribution in [-0.2, 0) is 4.74 Å². The molecule has 0 aliphatic heterocycles. The first-order valence-corrected chi connectivity index (χ1v) is 4.24. The number of nitrogens with zero attached hydrogens (tertiary/aromatic N) is 1. The second-order valence-electron chi connectivity index (χ2n) is 3.00. The van der Waals surface area contributed by atoms with E-state index in [4.69, 9.17) is 15.7 Å². The molecule has 0 amide bonds. The summed E-state index contributed by atoms with van der Waals surface area (Å²) in [6, 6.07) is 0. The molecule has 4 nitrogen and oxygen atoms in total. The third-order valence-electron chi connectivity index (χ3n) is 1.56. The lowest BCUT2D eigenvalue weighted by molar-refractivity contribution is 0.130. The van der Waals surface area contributed by atoms with E-state index >= 15 is 0 Å². The van der Waals surface area contributed by atoms with Crippen LogP contribution in [0.4, 0.5) is 0 Å². The van der Waals surface area contributed by atoms with Gasteiger partial charge in [-0.25, -0.2) is 0 Å². The fourth-order valence-electron chi connectivity index (χ4n) is 0.970. The largest absolute Gasteiger partial charge is 0.409 e. The Labute approximate surface area is 73.4 Å². The van der Waals surface area contributed by atoms with Crippen molar-refractivity contribution in [2.75, 3.05) is 13.2 Å². The van der Waals surface area contributed by atoms with Gasteiger partial charge in [-0.3, -0.25) is 0 Å². The van der Waals surface area contributed by atoms with Crippen LogP contribution in [-0.4, -0.2) is 24.3 Å². The van der Waals surface area contributed by atoms with Gasteiger partial charge < -0.3 is 15.7 Å². The van der Waals surface area contributed by atoms with E-state index in [0.29, 0.717) is 12.5 Å². The zero-order valence-electron chi connectivity index (χ0n) is 7.79. The van der Waals surface area contributed by atoms with Gasteiger partial charge >= 0.3 is 0 Å². The van der Waals surface area contributed by atoms with Crippen molar-refractivity contribution in [2.45, 2.75) is 26.7 Å². The van der Waals surface area contributed by atoms with Crippen molar-refractivity contribution in [3.63, 3.8) is 0 Å². The molecule has 0 heterocycles. The third kappa shape index (κ3) is 5.97. The summed E-state index contributed by atoms with van der Waals surface area (Å²) in [6.45, 7) is 5.14. The zero-order valence-corrected chi connectivity index (χ0v) is 7.79. The van der Waals surface area contributed by atoms with E-state index in [-0.39, 0.29) is 12.4 Å². The zero-order chi connectivity index (χ0) is 9.40. The molecule has 0 radical (unpaired) electrons. The summed E-state index contributed by atoms with van der Waals surface area (Å²) in [5, 5.41) is 11.0.